The lowest BCUT2D eigenvalue weighted by Crippen LogP contribution is -2.22. The second-order valence-corrected chi connectivity index (χ2v) is 8.22. The number of carbonyl (C=O) groups is 1. The van der Waals surface area contributed by atoms with Gasteiger partial charge in [-0.25, -0.2) is 8.42 Å². The van der Waals surface area contributed by atoms with Crippen LogP contribution in [0, 0.1) is 16.7 Å². The Hall–Kier alpha value is -3.05. The number of carboxylic acid groups (broad SMARTS) is 1. The zero-order valence-electron chi connectivity index (χ0n) is 13.3. The Morgan fingerprint density at radius 3 is 2.50 bits per heavy atom. The maximum absolute atomic E-state index is 13.0. The van der Waals surface area contributed by atoms with E-state index in [0.717, 1.165) is 0 Å². The summed E-state index contributed by atoms with van der Waals surface area (Å²) in [5, 5.41) is 17.9. The van der Waals surface area contributed by atoms with Gasteiger partial charge in [0.15, 0.2) is 26.8 Å². The summed E-state index contributed by atoms with van der Waals surface area (Å²) in [6.45, 7) is 0.0392. The van der Waals surface area contributed by atoms with E-state index in [9.17, 15) is 23.6 Å². The Bertz CT molecular complexity index is 1040. The van der Waals surface area contributed by atoms with Crippen molar-refractivity contribution < 1.29 is 27.8 Å². The minimum Gasteiger partial charge on any atom is -0.480 e. The fourth-order valence-corrected chi connectivity index (χ4v) is 5.79. The molecule has 132 valence electrons. The lowest BCUT2D eigenvalue weighted by atomic mass is 10.0. The monoisotopic (exact) mass is 371 g/mol. The number of ether oxygens (including phenoxy) is 2. The highest BCUT2D eigenvalue weighted by Crippen LogP contribution is 2.64. The average Bonchev–Trinajstić information content (AvgIpc) is 3.15. The molecule has 0 aromatic heterocycles. The highest BCUT2D eigenvalue weighted by Gasteiger charge is 2.77. The summed E-state index contributed by atoms with van der Waals surface area (Å²) >= 11 is 0. The van der Waals surface area contributed by atoms with Gasteiger partial charge in [0, 0.05) is 5.92 Å². The summed E-state index contributed by atoms with van der Waals surface area (Å²) in [6.07, 6.45) is 0. The van der Waals surface area contributed by atoms with Crippen LogP contribution < -0.4 is 9.47 Å². The van der Waals surface area contributed by atoms with Crippen molar-refractivity contribution in [2.45, 2.75) is 16.1 Å². The third-order valence-corrected chi connectivity index (χ3v) is 7.08. The quantitative estimate of drug-likeness (QED) is 0.874. The molecule has 1 heterocycles. The third kappa shape index (κ3) is 2.10. The molecule has 1 fully saturated rings. The first-order valence-corrected chi connectivity index (χ1v) is 9.30. The van der Waals surface area contributed by atoms with Gasteiger partial charge in [-0.05, 0) is 29.8 Å². The Morgan fingerprint density at radius 1 is 1.15 bits per heavy atom. The van der Waals surface area contributed by atoms with Crippen LogP contribution in [0.4, 0.5) is 0 Å². The summed E-state index contributed by atoms with van der Waals surface area (Å²) in [5.74, 6) is -1.55. The molecule has 2 aromatic carbocycles. The van der Waals surface area contributed by atoms with Crippen molar-refractivity contribution in [1.82, 2.24) is 0 Å². The normalized spacial score (nSPS) is 26.1. The van der Waals surface area contributed by atoms with Crippen LogP contribution in [0.15, 0.2) is 53.4 Å². The van der Waals surface area contributed by atoms with Crippen LogP contribution in [0.3, 0.4) is 0 Å². The molecular weight excluding hydrogens is 358 g/mol. The first-order valence-electron chi connectivity index (χ1n) is 7.76. The molecule has 1 N–H and O–H groups in total. The number of nitrogens with zero attached hydrogens (tertiary/aromatic N) is 1. The minimum atomic E-state index is -4.02. The maximum atomic E-state index is 13.0. The first kappa shape index (κ1) is 16.4. The lowest BCUT2D eigenvalue weighted by Gasteiger charge is -2.04. The van der Waals surface area contributed by atoms with Gasteiger partial charge in [0.05, 0.1) is 11.0 Å². The van der Waals surface area contributed by atoms with Crippen LogP contribution >= 0.6 is 0 Å². The minimum absolute atomic E-state index is 0.00545. The summed E-state index contributed by atoms with van der Waals surface area (Å²) < 4.78 is 36.5. The molecule has 0 radical (unpaired) electrons. The van der Waals surface area contributed by atoms with E-state index >= 15 is 0 Å². The molecule has 8 heteroatoms. The molecule has 2 aromatic rings. The molecule has 7 nitrogen and oxygen atoms in total. The number of aliphatic carboxylic acids is 1. The van der Waals surface area contributed by atoms with Crippen LogP contribution in [0.1, 0.15) is 11.5 Å². The second-order valence-electron chi connectivity index (χ2n) is 6.16. The van der Waals surface area contributed by atoms with E-state index in [4.69, 9.17) is 9.47 Å². The molecule has 26 heavy (non-hydrogen) atoms. The number of rotatable bonds is 4. The van der Waals surface area contributed by atoms with Crippen molar-refractivity contribution in [2.24, 2.45) is 5.41 Å². The van der Waals surface area contributed by atoms with E-state index in [1.54, 1.807) is 42.5 Å². The van der Waals surface area contributed by atoms with Gasteiger partial charge in [-0.3, -0.25) is 4.79 Å². The predicted molar refractivity (Wildman–Crippen MR) is 88.4 cm³/mol. The lowest BCUT2D eigenvalue weighted by molar-refractivity contribution is -0.141. The van der Waals surface area contributed by atoms with Crippen molar-refractivity contribution in [3.05, 3.63) is 54.1 Å². The van der Waals surface area contributed by atoms with E-state index in [-0.39, 0.29) is 11.7 Å². The van der Waals surface area contributed by atoms with Gasteiger partial charge in [0.25, 0.3) is 0 Å². The highest BCUT2D eigenvalue weighted by atomic mass is 32.2. The van der Waals surface area contributed by atoms with E-state index in [0.29, 0.717) is 17.1 Å². The van der Waals surface area contributed by atoms with Crippen molar-refractivity contribution in [2.75, 3.05) is 6.79 Å². The summed E-state index contributed by atoms with van der Waals surface area (Å²) in [6, 6.07) is 14.0. The number of fused-ring (bicyclic) bond motifs is 1. The molecule has 0 spiro atoms. The van der Waals surface area contributed by atoms with Crippen LogP contribution in [-0.2, 0) is 14.6 Å². The predicted octanol–water partition coefficient (Wildman–Crippen LogP) is 1.95. The number of benzene rings is 2. The largest absolute Gasteiger partial charge is 0.480 e. The Balaban J connectivity index is 1.83. The number of carboxylic acids is 1. The SMILES string of the molecule is N#C[C@]1(C(=O)O)[C@@H](c2ccc3c(c2)OCO3)[C@@H]1S(=O)(=O)c1ccccc1. The molecule has 1 saturated carbocycles. The molecule has 2 aliphatic rings. The van der Waals surface area contributed by atoms with Crippen LogP contribution in [0.5, 0.6) is 11.5 Å². The van der Waals surface area contributed by atoms with E-state index in [1.165, 1.54) is 12.1 Å². The van der Waals surface area contributed by atoms with Gasteiger partial charge < -0.3 is 14.6 Å². The Morgan fingerprint density at radius 2 is 1.85 bits per heavy atom. The van der Waals surface area contributed by atoms with E-state index in [2.05, 4.69) is 0 Å². The molecule has 0 bridgehead atoms. The standard InChI is InChI=1S/C18H13NO6S/c19-9-18(17(20)21)15(11-6-7-13-14(8-11)25-10-24-13)16(18)26(22,23)12-4-2-1-3-5-12/h1-8,15-16H,10H2,(H,20,21)/t15-,16-,18-/m0/s1. The van der Waals surface area contributed by atoms with Crippen LogP contribution in [0.25, 0.3) is 0 Å². The van der Waals surface area contributed by atoms with Crippen LogP contribution in [-0.4, -0.2) is 31.5 Å². The molecule has 0 unspecified atom stereocenters. The second kappa shape index (κ2) is 5.47. The van der Waals surface area contributed by atoms with E-state index in [1.807, 2.05) is 0 Å². The van der Waals surface area contributed by atoms with Crippen LogP contribution in [0.2, 0.25) is 0 Å². The number of nitriles is 1. The van der Waals surface area contributed by atoms with Crippen molar-refractivity contribution in [3.8, 4) is 17.6 Å². The highest BCUT2D eigenvalue weighted by molar-refractivity contribution is 7.92. The van der Waals surface area contributed by atoms with Gasteiger partial charge in [0.1, 0.15) is 5.25 Å². The average molecular weight is 371 g/mol. The molecule has 4 rings (SSSR count). The summed E-state index contributed by atoms with van der Waals surface area (Å²) in [4.78, 5) is 11.9. The fourth-order valence-electron chi connectivity index (χ4n) is 3.52. The van der Waals surface area contributed by atoms with Gasteiger partial charge in [-0.1, -0.05) is 24.3 Å². The topological polar surface area (TPSA) is 114 Å². The number of sulfone groups is 1. The Labute approximate surface area is 149 Å². The van der Waals surface area contributed by atoms with Crippen molar-refractivity contribution >= 4 is 15.8 Å². The van der Waals surface area contributed by atoms with Gasteiger partial charge in [0.2, 0.25) is 6.79 Å². The van der Waals surface area contributed by atoms with Crippen molar-refractivity contribution in [1.29, 1.82) is 5.26 Å². The smallest absolute Gasteiger partial charge is 0.326 e. The molecular formula is C18H13NO6S. The Kier molecular flexibility index (Phi) is 3.46. The molecule has 0 amide bonds. The van der Waals surface area contributed by atoms with Gasteiger partial charge >= 0.3 is 5.97 Å². The molecule has 3 atom stereocenters. The summed E-state index contributed by atoms with van der Waals surface area (Å²) in [5.41, 5.74) is -1.62. The molecule has 1 aliphatic heterocycles. The number of hydrogen-bond donors (Lipinski definition) is 1. The van der Waals surface area contributed by atoms with Gasteiger partial charge in [-0.15, -0.1) is 0 Å². The summed E-state index contributed by atoms with van der Waals surface area (Å²) in [7, 11) is -4.02. The fraction of sp³-hybridized carbons (Fsp3) is 0.222. The molecule has 0 saturated heterocycles. The first-order chi connectivity index (χ1) is 12.4. The zero-order valence-corrected chi connectivity index (χ0v) is 14.1. The number of hydrogen-bond acceptors (Lipinski definition) is 6. The van der Waals surface area contributed by atoms with Crippen molar-refractivity contribution in [3.63, 3.8) is 0 Å². The van der Waals surface area contributed by atoms with E-state index < -0.39 is 32.4 Å². The van der Waals surface area contributed by atoms with Gasteiger partial charge in [-0.2, -0.15) is 5.26 Å². The third-order valence-electron chi connectivity index (χ3n) is 4.83. The molecule has 1 aliphatic carbocycles. The maximum Gasteiger partial charge on any atom is 0.326 e. The zero-order chi connectivity index (χ0) is 18.5.